The number of likely N-dealkylation sites (N-methyl/N-ethyl adjacent to an activating group) is 1. The number of amides is 2. The zero-order valence-electron chi connectivity index (χ0n) is 19.5. The fourth-order valence-corrected chi connectivity index (χ4v) is 2.98. The molecule has 1 unspecified atom stereocenters. The number of hydrogen-bond acceptors (Lipinski definition) is 4. The molecule has 0 radical (unpaired) electrons. The van der Waals surface area contributed by atoms with E-state index in [-0.39, 0.29) is 17.8 Å². The summed E-state index contributed by atoms with van der Waals surface area (Å²) in [5.74, 6) is -0.687. The molecule has 6 heteroatoms. The molecule has 0 bridgehead atoms. The van der Waals surface area contributed by atoms with Crippen molar-refractivity contribution < 1.29 is 19.1 Å². The van der Waals surface area contributed by atoms with Crippen LogP contribution in [0.2, 0.25) is 0 Å². The summed E-state index contributed by atoms with van der Waals surface area (Å²) < 4.78 is 5.96. The average molecular weight is 437 g/mol. The van der Waals surface area contributed by atoms with Gasteiger partial charge in [0.2, 0.25) is 11.8 Å². The summed E-state index contributed by atoms with van der Waals surface area (Å²) in [5, 5.41) is 2.86. The van der Waals surface area contributed by atoms with E-state index in [4.69, 9.17) is 4.74 Å². The van der Waals surface area contributed by atoms with E-state index in [0.717, 1.165) is 11.1 Å². The third kappa shape index (κ3) is 6.54. The van der Waals surface area contributed by atoms with Crippen molar-refractivity contribution in [1.82, 2.24) is 5.32 Å². The van der Waals surface area contributed by atoms with Gasteiger partial charge in [0.15, 0.2) is 6.10 Å². The SMILES string of the molecule is C=CC(=O)N(C)c1cc(CNC(=O)CC)cc(C(OC(=O)C(C)(C)C)c2ccccc2)c1. The summed E-state index contributed by atoms with van der Waals surface area (Å²) in [6.45, 7) is 11.0. The summed E-state index contributed by atoms with van der Waals surface area (Å²) in [5.41, 5.74) is 2.23. The third-order valence-corrected chi connectivity index (χ3v) is 4.95. The first-order valence-electron chi connectivity index (χ1n) is 10.6. The molecule has 0 aromatic heterocycles. The van der Waals surface area contributed by atoms with Crippen LogP contribution in [0.15, 0.2) is 61.2 Å². The first kappa shape index (κ1) is 24.9. The molecular formula is C26H32N2O4. The number of esters is 1. The molecule has 0 saturated heterocycles. The Labute approximate surface area is 190 Å². The maximum atomic E-state index is 12.8. The molecule has 0 spiro atoms. The Morgan fingerprint density at radius 2 is 1.75 bits per heavy atom. The molecule has 2 aromatic carbocycles. The van der Waals surface area contributed by atoms with E-state index in [0.29, 0.717) is 24.2 Å². The third-order valence-electron chi connectivity index (χ3n) is 4.95. The highest BCUT2D eigenvalue weighted by atomic mass is 16.5. The van der Waals surface area contributed by atoms with Crippen molar-refractivity contribution in [3.63, 3.8) is 0 Å². The quantitative estimate of drug-likeness (QED) is 0.487. The van der Waals surface area contributed by atoms with Crippen molar-refractivity contribution in [3.05, 3.63) is 77.9 Å². The zero-order chi connectivity index (χ0) is 23.9. The number of carbonyl (C=O) groups is 3. The van der Waals surface area contributed by atoms with Crippen molar-refractivity contribution >= 4 is 23.5 Å². The Hall–Kier alpha value is -3.41. The molecule has 6 nitrogen and oxygen atoms in total. The van der Waals surface area contributed by atoms with Crippen LogP contribution in [-0.4, -0.2) is 24.8 Å². The van der Waals surface area contributed by atoms with Gasteiger partial charge >= 0.3 is 5.97 Å². The fraction of sp³-hybridized carbons (Fsp3) is 0.346. The number of anilines is 1. The van der Waals surface area contributed by atoms with E-state index < -0.39 is 11.5 Å². The van der Waals surface area contributed by atoms with Gasteiger partial charge in [0.25, 0.3) is 0 Å². The van der Waals surface area contributed by atoms with E-state index in [9.17, 15) is 14.4 Å². The molecule has 1 atom stereocenters. The highest BCUT2D eigenvalue weighted by molar-refractivity contribution is 6.00. The van der Waals surface area contributed by atoms with Gasteiger partial charge in [-0.2, -0.15) is 0 Å². The van der Waals surface area contributed by atoms with E-state index in [1.807, 2.05) is 48.5 Å². The molecule has 2 amide bonds. The Morgan fingerprint density at radius 3 is 2.31 bits per heavy atom. The largest absolute Gasteiger partial charge is 0.452 e. The molecule has 0 heterocycles. The number of carbonyl (C=O) groups excluding carboxylic acids is 3. The van der Waals surface area contributed by atoms with Crippen molar-refractivity contribution in [2.45, 2.75) is 46.8 Å². The molecule has 32 heavy (non-hydrogen) atoms. The minimum absolute atomic E-state index is 0.0776. The second-order valence-electron chi connectivity index (χ2n) is 8.61. The highest BCUT2D eigenvalue weighted by Crippen LogP contribution is 2.32. The zero-order valence-corrected chi connectivity index (χ0v) is 19.5. The van der Waals surface area contributed by atoms with Crippen LogP contribution in [0.3, 0.4) is 0 Å². The first-order chi connectivity index (χ1) is 15.1. The van der Waals surface area contributed by atoms with Gasteiger partial charge in [0.05, 0.1) is 5.41 Å². The van der Waals surface area contributed by atoms with Gasteiger partial charge in [-0.15, -0.1) is 0 Å². The maximum Gasteiger partial charge on any atom is 0.312 e. The highest BCUT2D eigenvalue weighted by Gasteiger charge is 2.28. The number of rotatable bonds is 8. The van der Waals surface area contributed by atoms with Gasteiger partial charge in [-0.25, -0.2) is 0 Å². The van der Waals surface area contributed by atoms with Gasteiger partial charge in [0.1, 0.15) is 0 Å². The lowest BCUT2D eigenvalue weighted by molar-refractivity contribution is -0.157. The Bertz CT molecular complexity index is 977. The second kappa shape index (κ2) is 10.8. The predicted octanol–water partition coefficient (Wildman–Crippen LogP) is 4.54. The van der Waals surface area contributed by atoms with Crippen molar-refractivity contribution in [2.75, 3.05) is 11.9 Å². The lowest BCUT2D eigenvalue weighted by atomic mass is 9.95. The van der Waals surface area contributed by atoms with Crippen molar-refractivity contribution in [2.24, 2.45) is 5.41 Å². The Kier molecular flexibility index (Phi) is 8.35. The smallest absolute Gasteiger partial charge is 0.312 e. The van der Waals surface area contributed by atoms with Crippen LogP contribution in [0.25, 0.3) is 0 Å². The molecule has 0 aliphatic rings. The van der Waals surface area contributed by atoms with E-state index in [2.05, 4.69) is 11.9 Å². The predicted molar refractivity (Wildman–Crippen MR) is 126 cm³/mol. The maximum absolute atomic E-state index is 12.8. The second-order valence-corrected chi connectivity index (χ2v) is 8.61. The standard InChI is InChI=1S/C26H32N2O4/c1-7-22(29)27-17-18-14-20(16-21(15-18)28(6)23(30)8-2)24(19-12-10-9-11-13-19)32-25(31)26(3,4)5/h8-16,24H,2,7,17H2,1,3-6H3,(H,27,29). The molecule has 0 aliphatic heterocycles. The summed E-state index contributed by atoms with van der Waals surface area (Å²) in [4.78, 5) is 38.3. The molecule has 2 aromatic rings. The van der Waals surface area contributed by atoms with E-state index in [1.165, 1.54) is 11.0 Å². The summed E-state index contributed by atoms with van der Waals surface area (Å²) in [6.07, 6.45) is 0.937. The Morgan fingerprint density at radius 1 is 1.09 bits per heavy atom. The van der Waals surface area contributed by atoms with Crippen molar-refractivity contribution in [1.29, 1.82) is 0 Å². The van der Waals surface area contributed by atoms with Crippen LogP contribution in [0, 0.1) is 5.41 Å². The van der Waals surface area contributed by atoms with Crippen LogP contribution in [0.5, 0.6) is 0 Å². The Balaban J connectivity index is 2.58. The van der Waals surface area contributed by atoms with E-state index >= 15 is 0 Å². The van der Waals surface area contributed by atoms with Gasteiger partial charge in [-0.1, -0.05) is 43.8 Å². The average Bonchev–Trinajstić information content (AvgIpc) is 2.79. The number of nitrogens with one attached hydrogen (secondary N) is 1. The van der Waals surface area contributed by atoms with Crippen LogP contribution in [-0.2, 0) is 25.7 Å². The number of benzene rings is 2. The minimum atomic E-state index is -0.682. The molecule has 0 fully saturated rings. The summed E-state index contributed by atoms with van der Waals surface area (Å²) in [7, 11) is 1.65. The summed E-state index contributed by atoms with van der Waals surface area (Å²) in [6, 6.07) is 15.0. The molecule has 1 N–H and O–H groups in total. The molecular weight excluding hydrogens is 404 g/mol. The molecule has 0 saturated carbocycles. The summed E-state index contributed by atoms with van der Waals surface area (Å²) >= 11 is 0. The lowest BCUT2D eigenvalue weighted by Crippen LogP contribution is -2.27. The van der Waals surface area contributed by atoms with Crippen LogP contribution < -0.4 is 10.2 Å². The molecule has 170 valence electrons. The number of ether oxygens (including phenoxy) is 1. The van der Waals surface area contributed by atoms with Gasteiger partial charge in [-0.05, 0) is 61.7 Å². The normalized spacial score (nSPS) is 11.9. The van der Waals surface area contributed by atoms with E-state index in [1.54, 1.807) is 34.7 Å². The fourth-order valence-electron chi connectivity index (χ4n) is 2.98. The minimum Gasteiger partial charge on any atom is -0.452 e. The van der Waals surface area contributed by atoms with Crippen LogP contribution in [0.1, 0.15) is 56.9 Å². The van der Waals surface area contributed by atoms with Crippen LogP contribution >= 0.6 is 0 Å². The number of nitrogens with zero attached hydrogens (tertiary/aromatic N) is 1. The molecule has 0 aliphatic carbocycles. The number of hydrogen-bond donors (Lipinski definition) is 1. The topological polar surface area (TPSA) is 75.7 Å². The van der Waals surface area contributed by atoms with Crippen molar-refractivity contribution in [3.8, 4) is 0 Å². The lowest BCUT2D eigenvalue weighted by Gasteiger charge is -2.26. The van der Waals surface area contributed by atoms with Gasteiger partial charge < -0.3 is 15.0 Å². The van der Waals surface area contributed by atoms with Gasteiger partial charge in [-0.3, -0.25) is 14.4 Å². The molecule has 2 rings (SSSR count). The van der Waals surface area contributed by atoms with Gasteiger partial charge in [0, 0.05) is 25.7 Å². The first-order valence-corrected chi connectivity index (χ1v) is 10.6. The monoisotopic (exact) mass is 436 g/mol. The van der Waals surface area contributed by atoms with Crippen LogP contribution in [0.4, 0.5) is 5.69 Å².